The summed E-state index contributed by atoms with van der Waals surface area (Å²) in [5.74, 6) is -11.5. The van der Waals surface area contributed by atoms with Gasteiger partial charge in [-0.05, 0) is 12.1 Å². The van der Waals surface area contributed by atoms with Crippen LogP contribution in [0.4, 0.5) is 30.7 Å². The first-order chi connectivity index (χ1) is 15.1. The molecule has 6 nitrogen and oxygen atoms in total. The highest BCUT2D eigenvalue weighted by Gasteiger charge is 2.60. The molecule has 2 heterocycles. The predicted octanol–water partition coefficient (Wildman–Crippen LogP) is 5.95. The van der Waals surface area contributed by atoms with E-state index in [9.17, 15) is 35.5 Å². The van der Waals surface area contributed by atoms with Crippen molar-refractivity contribution < 1.29 is 44.8 Å². The van der Waals surface area contributed by atoms with Gasteiger partial charge in [0, 0.05) is 25.6 Å². The van der Waals surface area contributed by atoms with Gasteiger partial charge in [0.2, 0.25) is 0 Å². The van der Waals surface area contributed by atoms with E-state index in [0.717, 1.165) is 20.2 Å². The van der Waals surface area contributed by atoms with E-state index in [4.69, 9.17) is 16.1 Å². The molecule has 0 atom stereocenters. The third-order valence-corrected chi connectivity index (χ3v) is 4.92. The van der Waals surface area contributed by atoms with Gasteiger partial charge in [0.25, 0.3) is 0 Å². The molecule has 1 aromatic carbocycles. The number of esters is 1. The maximum atomic E-state index is 14.2. The molecule has 0 aliphatic carbocycles. The van der Waals surface area contributed by atoms with E-state index < -0.39 is 46.7 Å². The summed E-state index contributed by atoms with van der Waals surface area (Å²) < 4.78 is 106. The molecular weight excluding hydrogens is 487 g/mol. The Kier molecular flexibility index (Phi) is 5.98. The fourth-order valence-corrected chi connectivity index (χ4v) is 3.17. The fraction of sp³-hybridized carbons (Fsp3) is 0.316. The van der Waals surface area contributed by atoms with Crippen LogP contribution in [0.25, 0.3) is 22.7 Å². The molecule has 0 fully saturated rings. The highest BCUT2D eigenvalue weighted by molar-refractivity contribution is 6.33. The van der Waals surface area contributed by atoms with Crippen molar-refractivity contribution in [3.63, 3.8) is 0 Å². The normalized spacial score (nSPS) is 12.8. The second kappa shape index (κ2) is 8.04. The smallest absolute Gasteiger partial charge is 0.420 e. The van der Waals surface area contributed by atoms with Gasteiger partial charge < -0.3 is 9.26 Å². The Morgan fingerprint density at radius 2 is 1.76 bits per heavy atom. The quantitative estimate of drug-likeness (QED) is 0.320. The van der Waals surface area contributed by atoms with Gasteiger partial charge in [0.05, 0.1) is 17.7 Å². The summed E-state index contributed by atoms with van der Waals surface area (Å²) in [6, 6.07) is 4.83. The van der Waals surface area contributed by atoms with Crippen molar-refractivity contribution in [1.29, 1.82) is 0 Å². The number of ether oxygens (including phenoxy) is 1. The molecule has 0 N–H and O–H groups in total. The molecule has 0 unspecified atom stereocenters. The van der Waals surface area contributed by atoms with Crippen LogP contribution in [0, 0.1) is 0 Å². The lowest BCUT2D eigenvalue weighted by molar-refractivity contribution is -0.212. The minimum atomic E-state index is -5.49. The van der Waals surface area contributed by atoms with E-state index in [-0.39, 0.29) is 28.8 Å². The average Bonchev–Trinajstić information content (AvgIpc) is 3.31. The molecule has 178 valence electrons. The summed E-state index contributed by atoms with van der Waals surface area (Å²) in [7, 11) is 1.96. The van der Waals surface area contributed by atoms with Crippen LogP contribution in [0.1, 0.15) is 28.5 Å². The number of nitrogens with zero attached hydrogens (tertiary/aromatic N) is 3. The van der Waals surface area contributed by atoms with Crippen molar-refractivity contribution in [1.82, 2.24) is 14.9 Å². The number of hydrogen-bond acceptors (Lipinski definition) is 5. The lowest BCUT2D eigenvalue weighted by atomic mass is 10.0. The Balaban J connectivity index is 2.18. The molecule has 3 aromatic rings. The Morgan fingerprint density at radius 1 is 1.12 bits per heavy atom. The highest BCUT2D eigenvalue weighted by atomic mass is 35.5. The number of carbonyl (C=O) groups is 1. The molecular formula is C19H13ClF7N3O3. The zero-order chi connectivity index (χ0) is 24.9. The molecule has 14 heteroatoms. The second-order valence-electron chi connectivity index (χ2n) is 6.92. The van der Waals surface area contributed by atoms with Crippen molar-refractivity contribution in [2.24, 2.45) is 7.05 Å². The highest BCUT2D eigenvalue weighted by Crippen LogP contribution is 2.49. The van der Waals surface area contributed by atoms with Crippen molar-refractivity contribution in [2.45, 2.75) is 24.9 Å². The Hall–Kier alpha value is -3.09. The minimum absolute atomic E-state index is 0.0210. The molecule has 0 bridgehead atoms. The zero-order valence-corrected chi connectivity index (χ0v) is 17.7. The standard InChI is InChI=1S/C19H13ClF7N3O3/c1-17(21,22)18(23,24)15-13(19(25,26)27)14(30(2)28-15)12-7-11(29-33-12)8-4-5-10(20)9(6-8)16(31)32-3/h4-7H,1-3H3. The van der Waals surface area contributed by atoms with Crippen LogP contribution in [0.3, 0.4) is 0 Å². The maximum absolute atomic E-state index is 14.2. The first-order valence-corrected chi connectivity index (χ1v) is 9.23. The number of benzene rings is 1. The van der Waals surface area contributed by atoms with Crippen LogP contribution in [-0.2, 0) is 23.9 Å². The molecule has 3 rings (SSSR count). The van der Waals surface area contributed by atoms with Gasteiger partial charge in [0.1, 0.15) is 17.0 Å². The number of carbonyl (C=O) groups excluding carboxylic acids is 1. The number of alkyl halides is 7. The lowest BCUT2D eigenvalue weighted by Crippen LogP contribution is -2.37. The van der Waals surface area contributed by atoms with Crippen molar-refractivity contribution >= 4 is 17.6 Å². The summed E-state index contributed by atoms with van der Waals surface area (Å²) >= 11 is 5.92. The maximum Gasteiger partial charge on any atom is 0.420 e. The Labute approximate surface area is 185 Å². The van der Waals surface area contributed by atoms with Gasteiger partial charge in [-0.2, -0.15) is 35.8 Å². The van der Waals surface area contributed by atoms with E-state index in [0.29, 0.717) is 4.68 Å². The fourth-order valence-electron chi connectivity index (χ4n) is 2.98. The van der Waals surface area contributed by atoms with Crippen LogP contribution >= 0.6 is 11.6 Å². The summed E-state index contributed by atoms with van der Waals surface area (Å²) in [4.78, 5) is 11.8. The Morgan fingerprint density at radius 3 is 2.30 bits per heavy atom. The number of methoxy groups -OCH3 is 1. The molecule has 0 aliphatic heterocycles. The molecule has 2 aromatic heterocycles. The van der Waals surface area contributed by atoms with Gasteiger partial charge >= 0.3 is 24.0 Å². The van der Waals surface area contributed by atoms with Gasteiger partial charge in [-0.1, -0.05) is 22.8 Å². The third-order valence-electron chi connectivity index (χ3n) is 4.59. The number of aryl methyl sites for hydroxylation is 1. The van der Waals surface area contributed by atoms with E-state index in [1.165, 1.54) is 18.2 Å². The Bertz CT molecular complexity index is 1210. The molecule has 0 aliphatic rings. The molecule has 0 saturated heterocycles. The van der Waals surface area contributed by atoms with Crippen LogP contribution in [0.15, 0.2) is 28.8 Å². The molecule has 0 amide bonds. The predicted molar refractivity (Wildman–Crippen MR) is 100 cm³/mol. The van der Waals surface area contributed by atoms with Crippen LogP contribution < -0.4 is 0 Å². The second-order valence-corrected chi connectivity index (χ2v) is 7.33. The molecule has 0 radical (unpaired) electrons. The molecule has 0 spiro atoms. The molecule has 33 heavy (non-hydrogen) atoms. The number of hydrogen-bond donors (Lipinski definition) is 0. The van der Waals surface area contributed by atoms with Crippen LogP contribution in [0.2, 0.25) is 5.02 Å². The summed E-state index contributed by atoms with van der Waals surface area (Å²) in [6.45, 7) is -0.215. The van der Waals surface area contributed by atoms with Crippen LogP contribution in [0.5, 0.6) is 0 Å². The largest absolute Gasteiger partial charge is 0.465 e. The third kappa shape index (κ3) is 4.28. The van der Waals surface area contributed by atoms with Gasteiger partial charge in [-0.15, -0.1) is 0 Å². The van der Waals surface area contributed by atoms with E-state index in [2.05, 4.69) is 15.0 Å². The lowest BCUT2D eigenvalue weighted by Gasteiger charge is -2.22. The molecule has 0 saturated carbocycles. The summed E-state index contributed by atoms with van der Waals surface area (Å²) in [5.41, 5.74) is -5.30. The number of halogens is 8. The topological polar surface area (TPSA) is 70.2 Å². The summed E-state index contributed by atoms with van der Waals surface area (Å²) in [6.07, 6.45) is -5.49. The average molecular weight is 500 g/mol. The SMILES string of the molecule is COC(=O)c1cc(-c2cc(-c3c(C(F)(F)F)c(C(F)(F)C(C)(F)F)nn3C)on2)ccc1Cl. The monoisotopic (exact) mass is 499 g/mol. The van der Waals surface area contributed by atoms with E-state index in [1.54, 1.807) is 0 Å². The zero-order valence-electron chi connectivity index (χ0n) is 16.9. The van der Waals surface area contributed by atoms with E-state index >= 15 is 0 Å². The first kappa shape index (κ1) is 24.6. The minimum Gasteiger partial charge on any atom is -0.465 e. The van der Waals surface area contributed by atoms with Crippen molar-refractivity contribution in [3.05, 3.63) is 46.1 Å². The van der Waals surface area contributed by atoms with Crippen molar-refractivity contribution in [3.8, 4) is 22.7 Å². The number of rotatable bonds is 5. The van der Waals surface area contributed by atoms with Crippen molar-refractivity contribution in [2.75, 3.05) is 7.11 Å². The summed E-state index contributed by atoms with van der Waals surface area (Å²) in [5, 5.41) is 6.64. The van der Waals surface area contributed by atoms with Gasteiger partial charge in [-0.3, -0.25) is 4.68 Å². The van der Waals surface area contributed by atoms with Gasteiger partial charge in [-0.25, -0.2) is 4.79 Å². The van der Waals surface area contributed by atoms with Crippen LogP contribution in [-0.4, -0.2) is 33.9 Å². The first-order valence-electron chi connectivity index (χ1n) is 8.85. The number of aromatic nitrogens is 3. The van der Waals surface area contributed by atoms with Gasteiger partial charge in [0.15, 0.2) is 11.5 Å². The van der Waals surface area contributed by atoms with E-state index in [1.807, 2.05) is 0 Å².